The number of primary amides is 1. The highest BCUT2D eigenvalue weighted by Gasteiger charge is 2.41. The van der Waals surface area contributed by atoms with E-state index in [0.717, 1.165) is 10.9 Å². The SMILES string of the molecule is CC(C)[Si](C#Cc1ccnc2[nH]cc(C(N)=O)c12)(C(C)C)C(C)C. The van der Waals surface area contributed by atoms with Crippen LogP contribution in [-0.4, -0.2) is 23.9 Å². The quantitative estimate of drug-likeness (QED) is 0.645. The number of nitrogens with zero attached hydrogens (tertiary/aromatic N) is 1. The van der Waals surface area contributed by atoms with Crippen molar-refractivity contribution < 1.29 is 4.79 Å². The second-order valence-electron chi connectivity index (χ2n) is 7.30. The van der Waals surface area contributed by atoms with E-state index in [1.165, 1.54) is 0 Å². The molecular formula is C19H27N3OSi. The van der Waals surface area contributed by atoms with Crippen LogP contribution in [-0.2, 0) is 0 Å². The number of rotatable bonds is 4. The molecule has 0 saturated carbocycles. The number of amides is 1. The number of aromatic amines is 1. The number of aromatic nitrogens is 2. The molecule has 0 bridgehead atoms. The van der Waals surface area contributed by atoms with Crippen LogP contribution in [0.2, 0.25) is 16.6 Å². The molecule has 0 atom stereocenters. The molecule has 0 aliphatic heterocycles. The van der Waals surface area contributed by atoms with E-state index in [0.29, 0.717) is 27.8 Å². The number of carbonyl (C=O) groups excluding carboxylic acids is 1. The largest absolute Gasteiger partial charge is 0.366 e. The second-order valence-corrected chi connectivity index (χ2v) is 12.9. The van der Waals surface area contributed by atoms with Crippen molar-refractivity contribution in [1.29, 1.82) is 0 Å². The Bertz CT molecular complexity index is 787. The van der Waals surface area contributed by atoms with Crippen LogP contribution < -0.4 is 5.73 Å². The normalized spacial score (nSPS) is 12.0. The van der Waals surface area contributed by atoms with Crippen LogP contribution in [0.15, 0.2) is 18.5 Å². The van der Waals surface area contributed by atoms with Crippen molar-refractivity contribution in [2.45, 2.75) is 58.2 Å². The highest BCUT2D eigenvalue weighted by Crippen LogP contribution is 2.40. The first-order valence-electron chi connectivity index (χ1n) is 8.50. The second kappa shape index (κ2) is 6.82. The molecular weight excluding hydrogens is 314 g/mol. The van der Waals surface area contributed by atoms with Gasteiger partial charge in [-0.1, -0.05) is 47.5 Å². The van der Waals surface area contributed by atoms with Gasteiger partial charge in [-0.15, -0.1) is 5.54 Å². The van der Waals surface area contributed by atoms with Gasteiger partial charge in [0, 0.05) is 23.3 Å². The minimum atomic E-state index is -1.83. The minimum absolute atomic E-state index is 0.452. The van der Waals surface area contributed by atoms with E-state index in [9.17, 15) is 4.79 Å². The molecule has 2 aromatic heterocycles. The van der Waals surface area contributed by atoms with Crippen molar-refractivity contribution >= 4 is 25.0 Å². The number of H-pyrrole nitrogens is 1. The Morgan fingerprint density at radius 3 is 2.25 bits per heavy atom. The summed E-state index contributed by atoms with van der Waals surface area (Å²) in [5, 5.41) is 0.733. The van der Waals surface area contributed by atoms with Crippen LogP contribution in [0.4, 0.5) is 0 Å². The first-order valence-corrected chi connectivity index (χ1v) is 10.7. The fraction of sp³-hybridized carbons (Fsp3) is 0.474. The third-order valence-electron chi connectivity index (χ3n) is 5.12. The Balaban J connectivity index is 2.67. The lowest BCUT2D eigenvalue weighted by atomic mass is 10.1. The lowest BCUT2D eigenvalue weighted by Crippen LogP contribution is -2.43. The maximum atomic E-state index is 11.7. The molecule has 24 heavy (non-hydrogen) atoms. The molecule has 0 spiro atoms. The summed E-state index contributed by atoms with van der Waals surface area (Å²) in [7, 11) is -1.83. The van der Waals surface area contributed by atoms with Gasteiger partial charge in [0.15, 0.2) is 0 Å². The molecule has 1 amide bonds. The first kappa shape index (κ1) is 18.3. The number of fused-ring (bicyclic) bond motifs is 1. The zero-order valence-corrected chi connectivity index (χ0v) is 16.4. The molecule has 0 aliphatic carbocycles. The van der Waals surface area contributed by atoms with Crippen molar-refractivity contribution in [1.82, 2.24) is 9.97 Å². The minimum Gasteiger partial charge on any atom is -0.366 e. The lowest BCUT2D eigenvalue weighted by molar-refractivity contribution is 0.100. The Kier molecular flexibility index (Phi) is 5.19. The van der Waals surface area contributed by atoms with Crippen molar-refractivity contribution in [3.63, 3.8) is 0 Å². The third-order valence-corrected chi connectivity index (χ3v) is 11.4. The van der Waals surface area contributed by atoms with Crippen LogP contribution >= 0.6 is 0 Å². The molecule has 0 fully saturated rings. The van der Waals surface area contributed by atoms with Crippen LogP contribution in [0.1, 0.15) is 57.5 Å². The summed E-state index contributed by atoms with van der Waals surface area (Å²) in [5.41, 5.74) is 12.8. The smallest absolute Gasteiger partial charge is 0.250 e. The van der Waals surface area contributed by atoms with E-state index in [-0.39, 0.29) is 0 Å². The van der Waals surface area contributed by atoms with Gasteiger partial charge in [-0.25, -0.2) is 4.98 Å². The van der Waals surface area contributed by atoms with Gasteiger partial charge in [-0.05, 0) is 22.7 Å². The molecule has 2 aromatic rings. The number of nitrogens with two attached hydrogens (primary N) is 1. The molecule has 0 unspecified atom stereocenters. The molecule has 0 aliphatic rings. The summed E-state index contributed by atoms with van der Waals surface area (Å²) in [4.78, 5) is 19.0. The molecule has 0 radical (unpaired) electrons. The van der Waals surface area contributed by atoms with Crippen molar-refractivity contribution in [3.8, 4) is 11.5 Å². The monoisotopic (exact) mass is 341 g/mol. The maximum Gasteiger partial charge on any atom is 0.250 e. The molecule has 3 N–H and O–H groups in total. The number of hydrogen-bond donors (Lipinski definition) is 2. The Morgan fingerprint density at radius 2 is 1.75 bits per heavy atom. The zero-order valence-electron chi connectivity index (χ0n) is 15.4. The molecule has 5 heteroatoms. The summed E-state index contributed by atoms with van der Waals surface area (Å²) in [6, 6.07) is 1.87. The van der Waals surface area contributed by atoms with Crippen LogP contribution in [0.25, 0.3) is 11.0 Å². The first-order chi connectivity index (χ1) is 11.2. The fourth-order valence-corrected chi connectivity index (χ4v) is 9.18. The summed E-state index contributed by atoms with van der Waals surface area (Å²) < 4.78 is 0. The highest BCUT2D eigenvalue weighted by atomic mass is 28.3. The Hall–Kier alpha value is -2.06. The van der Waals surface area contributed by atoms with Gasteiger partial charge in [0.05, 0.1) is 5.56 Å². The predicted octanol–water partition coefficient (Wildman–Crippen LogP) is 4.23. The van der Waals surface area contributed by atoms with Crippen molar-refractivity contribution in [2.75, 3.05) is 0 Å². The van der Waals surface area contributed by atoms with E-state index in [4.69, 9.17) is 5.73 Å². The third kappa shape index (κ3) is 2.99. The Morgan fingerprint density at radius 1 is 1.17 bits per heavy atom. The summed E-state index contributed by atoms with van der Waals surface area (Å²) in [6.45, 7) is 13.7. The van der Waals surface area contributed by atoms with Gasteiger partial charge in [0.1, 0.15) is 13.7 Å². The van der Waals surface area contributed by atoms with E-state index in [1.54, 1.807) is 12.4 Å². The van der Waals surface area contributed by atoms with Crippen LogP contribution in [0.3, 0.4) is 0 Å². The predicted molar refractivity (Wildman–Crippen MR) is 103 cm³/mol. The van der Waals surface area contributed by atoms with E-state index >= 15 is 0 Å². The average molecular weight is 342 g/mol. The summed E-state index contributed by atoms with van der Waals surface area (Å²) in [6.07, 6.45) is 3.33. The van der Waals surface area contributed by atoms with E-state index < -0.39 is 14.0 Å². The topological polar surface area (TPSA) is 71.8 Å². The van der Waals surface area contributed by atoms with Crippen LogP contribution in [0.5, 0.6) is 0 Å². The Labute approximate surface area is 145 Å². The number of hydrogen-bond acceptors (Lipinski definition) is 2. The molecule has 4 nitrogen and oxygen atoms in total. The van der Waals surface area contributed by atoms with Gasteiger partial charge in [0.2, 0.25) is 0 Å². The summed E-state index contributed by atoms with van der Waals surface area (Å²) in [5.74, 6) is 2.94. The lowest BCUT2D eigenvalue weighted by Gasteiger charge is -2.38. The van der Waals surface area contributed by atoms with E-state index in [1.807, 2.05) is 6.07 Å². The molecule has 2 heterocycles. The number of nitrogens with one attached hydrogen (secondary N) is 1. The molecule has 0 aromatic carbocycles. The van der Waals surface area contributed by atoms with Crippen molar-refractivity contribution in [2.24, 2.45) is 5.73 Å². The highest BCUT2D eigenvalue weighted by molar-refractivity contribution is 6.90. The number of carbonyl (C=O) groups is 1. The van der Waals surface area contributed by atoms with Crippen molar-refractivity contribution in [3.05, 3.63) is 29.6 Å². The van der Waals surface area contributed by atoms with Gasteiger partial charge >= 0.3 is 0 Å². The van der Waals surface area contributed by atoms with Gasteiger partial charge in [0.25, 0.3) is 5.91 Å². The van der Waals surface area contributed by atoms with Gasteiger partial charge < -0.3 is 10.7 Å². The van der Waals surface area contributed by atoms with Gasteiger partial charge in [-0.2, -0.15) is 0 Å². The van der Waals surface area contributed by atoms with Crippen LogP contribution in [0, 0.1) is 11.5 Å². The maximum absolute atomic E-state index is 11.7. The standard InChI is InChI=1S/C19H27N3OSi/c1-12(2)24(13(3)4,14(5)6)10-8-15-7-9-21-19-17(15)16(11-22-19)18(20)23/h7,9,11-14H,1-6H3,(H2,20,23)(H,21,22). The molecule has 2 rings (SSSR count). The zero-order chi connectivity index (χ0) is 18.1. The summed E-state index contributed by atoms with van der Waals surface area (Å²) >= 11 is 0. The number of pyridine rings is 1. The fourth-order valence-electron chi connectivity index (χ4n) is 3.96. The van der Waals surface area contributed by atoms with E-state index in [2.05, 4.69) is 63.0 Å². The molecule has 128 valence electrons. The van der Waals surface area contributed by atoms with Gasteiger partial charge in [-0.3, -0.25) is 4.79 Å². The molecule has 0 saturated heterocycles. The average Bonchev–Trinajstić information content (AvgIpc) is 2.91.